The van der Waals surface area contributed by atoms with Crippen LogP contribution in [0.3, 0.4) is 0 Å². The molecule has 48 heavy (non-hydrogen) atoms. The average Bonchev–Trinajstić information content (AvgIpc) is 3.05. The third kappa shape index (κ3) is 33.3. The van der Waals surface area contributed by atoms with E-state index in [1.54, 1.807) is 0 Å². The van der Waals surface area contributed by atoms with Crippen LogP contribution < -0.4 is 16.0 Å². The molecule has 0 fully saturated rings. The number of unbranched alkanes of at least 4 members (excludes halogenated alkanes) is 12. The Balaban J connectivity index is 3.62. The van der Waals surface area contributed by atoms with Crippen LogP contribution in [-0.2, 0) is 38.2 Å². The van der Waals surface area contributed by atoms with Gasteiger partial charge in [-0.3, -0.25) is 14.4 Å². The van der Waals surface area contributed by atoms with Gasteiger partial charge in [0.05, 0.1) is 26.4 Å². The predicted octanol–water partition coefficient (Wildman–Crippen LogP) is 5.25. The lowest BCUT2D eigenvalue weighted by atomic mass is 10.0. The highest BCUT2D eigenvalue weighted by Crippen LogP contribution is 2.13. The lowest BCUT2D eigenvalue weighted by molar-refractivity contribution is -0.142. The van der Waals surface area contributed by atoms with E-state index in [9.17, 15) is 29.1 Å². The lowest BCUT2D eigenvalue weighted by Gasteiger charge is -2.14. The van der Waals surface area contributed by atoms with Gasteiger partial charge >= 0.3 is 5.97 Å². The van der Waals surface area contributed by atoms with Crippen LogP contribution >= 0.6 is 0 Å². The maximum atomic E-state index is 12.3. The number of carboxylic acids is 1. The summed E-state index contributed by atoms with van der Waals surface area (Å²) >= 11 is 0. The van der Waals surface area contributed by atoms with Crippen LogP contribution in [-0.4, -0.2) is 93.4 Å². The third-order valence-corrected chi connectivity index (χ3v) is 7.82. The number of hydrogen-bond donors (Lipinski definition) is 4. The number of rotatable bonds is 36. The molecule has 1 atom stereocenters. The summed E-state index contributed by atoms with van der Waals surface area (Å²) in [6, 6.07) is -1.07. The van der Waals surface area contributed by atoms with Gasteiger partial charge in [-0.25, -0.2) is 4.79 Å². The van der Waals surface area contributed by atoms with Crippen LogP contribution in [0.25, 0.3) is 0 Å². The Labute approximate surface area is 289 Å². The summed E-state index contributed by atoms with van der Waals surface area (Å²) in [6.45, 7) is 7.29. The Bertz CT molecular complexity index is 842. The monoisotopic (exact) mass is 685 g/mol. The molecular formula is C36H67N3O9. The highest BCUT2D eigenvalue weighted by atomic mass is 16.5. The topological polar surface area (TPSA) is 169 Å². The van der Waals surface area contributed by atoms with E-state index in [2.05, 4.69) is 22.9 Å². The first-order chi connectivity index (χ1) is 23.3. The molecule has 0 saturated heterocycles. The van der Waals surface area contributed by atoms with Gasteiger partial charge in [0, 0.05) is 52.0 Å². The van der Waals surface area contributed by atoms with Gasteiger partial charge in [0.2, 0.25) is 17.7 Å². The van der Waals surface area contributed by atoms with Crippen molar-refractivity contribution in [1.82, 2.24) is 16.0 Å². The number of ether oxygens (including phenoxy) is 3. The minimum atomic E-state index is -1.13. The summed E-state index contributed by atoms with van der Waals surface area (Å²) in [5, 5.41) is 17.5. The van der Waals surface area contributed by atoms with E-state index in [0.717, 1.165) is 19.3 Å². The van der Waals surface area contributed by atoms with Crippen LogP contribution in [0.1, 0.15) is 142 Å². The zero-order chi connectivity index (χ0) is 35.5. The molecule has 0 bridgehead atoms. The molecule has 0 heterocycles. The standard InChI is InChI=1S/C36H67N3O9/c1-3-4-5-6-7-8-9-10-11-12-13-14-15-18-35(43)39-32(36(44)45)20-22-34(42)38-24-17-26-47-28-30-48-29-27-46-25-16-23-37-33(41)21-19-31(2)40/h32H,3-30H2,1-2H3,(H,37,41)(H,38,42)(H,39,43)(H,44,45)/t32-/m0/s1. The Kier molecular flexibility index (Phi) is 32.5. The highest BCUT2D eigenvalue weighted by Gasteiger charge is 2.20. The van der Waals surface area contributed by atoms with Crippen LogP contribution in [0.15, 0.2) is 0 Å². The number of amides is 3. The molecule has 12 heteroatoms. The molecule has 0 spiro atoms. The van der Waals surface area contributed by atoms with Crippen LogP contribution in [0.2, 0.25) is 0 Å². The average molecular weight is 686 g/mol. The first kappa shape index (κ1) is 45.4. The van der Waals surface area contributed by atoms with Gasteiger partial charge in [-0.15, -0.1) is 0 Å². The Hall–Kier alpha value is -2.57. The summed E-state index contributed by atoms with van der Waals surface area (Å²) in [5.41, 5.74) is 0. The predicted molar refractivity (Wildman–Crippen MR) is 187 cm³/mol. The SMILES string of the molecule is CCCCCCCCCCCCCCCC(=O)N[C@@H](CCC(=O)NCCCOCCOCCOCCCNC(=O)CCC(C)=O)C(=O)O. The number of carbonyl (C=O) groups excluding carboxylic acids is 4. The van der Waals surface area contributed by atoms with Gasteiger partial charge in [0.1, 0.15) is 11.8 Å². The fourth-order valence-electron chi connectivity index (χ4n) is 4.91. The van der Waals surface area contributed by atoms with Crippen LogP contribution in [0.4, 0.5) is 0 Å². The molecule has 0 aromatic rings. The number of carbonyl (C=O) groups is 5. The van der Waals surface area contributed by atoms with Gasteiger partial charge in [-0.05, 0) is 32.6 Å². The van der Waals surface area contributed by atoms with E-state index < -0.39 is 12.0 Å². The van der Waals surface area contributed by atoms with Crippen molar-refractivity contribution in [2.75, 3.05) is 52.7 Å². The minimum Gasteiger partial charge on any atom is -0.480 e. The molecule has 12 nitrogen and oxygen atoms in total. The molecule has 0 aliphatic rings. The van der Waals surface area contributed by atoms with E-state index in [1.165, 1.54) is 71.1 Å². The second kappa shape index (κ2) is 34.3. The van der Waals surface area contributed by atoms with E-state index in [-0.39, 0.29) is 49.2 Å². The van der Waals surface area contributed by atoms with E-state index in [1.807, 2.05) is 0 Å². The van der Waals surface area contributed by atoms with E-state index in [4.69, 9.17) is 14.2 Å². The first-order valence-corrected chi connectivity index (χ1v) is 18.5. The summed E-state index contributed by atoms with van der Waals surface area (Å²) in [5.74, 6) is -1.79. The smallest absolute Gasteiger partial charge is 0.326 e. The van der Waals surface area contributed by atoms with Crippen LogP contribution in [0.5, 0.6) is 0 Å². The van der Waals surface area contributed by atoms with Gasteiger partial charge in [-0.1, -0.05) is 84.0 Å². The molecule has 0 radical (unpaired) electrons. The number of aliphatic carboxylic acids is 1. The zero-order valence-electron chi connectivity index (χ0n) is 30.1. The summed E-state index contributed by atoms with van der Waals surface area (Å²) < 4.78 is 16.4. The molecule has 3 amide bonds. The van der Waals surface area contributed by atoms with E-state index >= 15 is 0 Å². The van der Waals surface area contributed by atoms with Crippen molar-refractivity contribution in [3.05, 3.63) is 0 Å². The van der Waals surface area contributed by atoms with Crippen molar-refractivity contribution in [3.8, 4) is 0 Å². The third-order valence-electron chi connectivity index (χ3n) is 7.82. The molecule has 0 aliphatic heterocycles. The molecule has 0 aromatic carbocycles. The maximum Gasteiger partial charge on any atom is 0.326 e. The highest BCUT2D eigenvalue weighted by molar-refractivity contribution is 5.84. The largest absolute Gasteiger partial charge is 0.480 e. The van der Waals surface area contributed by atoms with Crippen molar-refractivity contribution >= 4 is 29.5 Å². The number of carboxylic acid groups (broad SMARTS) is 1. The Morgan fingerprint density at radius 3 is 1.42 bits per heavy atom. The van der Waals surface area contributed by atoms with Crippen molar-refractivity contribution in [2.45, 2.75) is 148 Å². The number of nitrogens with one attached hydrogen (secondary N) is 3. The zero-order valence-corrected chi connectivity index (χ0v) is 30.1. The molecule has 0 aromatic heterocycles. The lowest BCUT2D eigenvalue weighted by Crippen LogP contribution is -2.41. The molecule has 0 rings (SSSR count). The van der Waals surface area contributed by atoms with Gasteiger partial charge in [-0.2, -0.15) is 0 Å². The molecule has 0 unspecified atom stereocenters. The number of Topliss-reactive ketones (excluding diaryl/α,β-unsaturated/α-hetero) is 1. The number of ketones is 1. The fourth-order valence-corrected chi connectivity index (χ4v) is 4.91. The Morgan fingerprint density at radius 1 is 0.521 bits per heavy atom. The first-order valence-electron chi connectivity index (χ1n) is 18.5. The van der Waals surface area contributed by atoms with Crippen molar-refractivity contribution < 1.29 is 43.3 Å². The van der Waals surface area contributed by atoms with Gasteiger partial charge in [0.15, 0.2) is 0 Å². The number of hydrogen-bond acceptors (Lipinski definition) is 8. The normalized spacial score (nSPS) is 11.6. The van der Waals surface area contributed by atoms with Crippen molar-refractivity contribution in [3.63, 3.8) is 0 Å². The van der Waals surface area contributed by atoms with Crippen molar-refractivity contribution in [1.29, 1.82) is 0 Å². The van der Waals surface area contributed by atoms with Gasteiger partial charge in [0.25, 0.3) is 0 Å². The summed E-state index contributed by atoms with van der Waals surface area (Å²) in [6.07, 6.45) is 18.0. The Morgan fingerprint density at radius 2 is 0.958 bits per heavy atom. The molecule has 0 saturated carbocycles. The molecule has 4 N–H and O–H groups in total. The second-order valence-electron chi connectivity index (χ2n) is 12.4. The quantitative estimate of drug-likeness (QED) is 0.0644. The second-order valence-corrected chi connectivity index (χ2v) is 12.4. The maximum absolute atomic E-state index is 12.3. The molecule has 0 aliphatic carbocycles. The molecular weight excluding hydrogens is 618 g/mol. The van der Waals surface area contributed by atoms with Gasteiger partial charge < -0.3 is 40.1 Å². The van der Waals surface area contributed by atoms with Crippen LogP contribution in [0, 0.1) is 0 Å². The summed E-state index contributed by atoms with van der Waals surface area (Å²) in [4.78, 5) is 58.3. The van der Waals surface area contributed by atoms with E-state index in [0.29, 0.717) is 72.0 Å². The van der Waals surface area contributed by atoms with Crippen molar-refractivity contribution in [2.24, 2.45) is 0 Å². The molecule has 280 valence electrons. The summed E-state index contributed by atoms with van der Waals surface area (Å²) in [7, 11) is 0. The minimum absolute atomic E-state index is 0.00152. The fraction of sp³-hybridized carbons (Fsp3) is 0.861.